The lowest BCUT2D eigenvalue weighted by molar-refractivity contribution is -0.156. The molecule has 9 heteroatoms. The van der Waals surface area contributed by atoms with E-state index in [9.17, 15) is 24.6 Å². The van der Waals surface area contributed by atoms with E-state index in [4.69, 9.17) is 10.8 Å². The zero-order valence-electron chi connectivity index (χ0n) is 11.2. The van der Waals surface area contributed by atoms with E-state index in [1.807, 2.05) is 0 Å². The number of fused-ring (bicyclic) bond motifs is 1. The van der Waals surface area contributed by atoms with E-state index in [2.05, 4.69) is 0 Å². The van der Waals surface area contributed by atoms with Gasteiger partial charge in [-0.1, -0.05) is 0 Å². The summed E-state index contributed by atoms with van der Waals surface area (Å²) >= 11 is 1.19. The number of nitrogens with zero attached hydrogens (tertiary/aromatic N) is 1. The van der Waals surface area contributed by atoms with Gasteiger partial charge in [-0.05, 0) is 19.8 Å². The lowest BCUT2D eigenvalue weighted by atomic mass is 9.92. The molecule has 1 fully saturated rings. The Kier molecular flexibility index (Phi) is 4.26. The van der Waals surface area contributed by atoms with E-state index in [0.29, 0.717) is 4.91 Å². The Morgan fingerprint density at radius 1 is 1.43 bits per heavy atom. The molecular formula is C12H16N2O6S. The van der Waals surface area contributed by atoms with Crippen LogP contribution in [0.2, 0.25) is 0 Å². The van der Waals surface area contributed by atoms with E-state index in [1.165, 1.54) is 18.7 Å². The summed E-state index contributed by atoms with van der Waals surface area (Å²) in [6.45, 7) is 1.49. The van der Waals surface area contributed by atoms with Crippen molar-refractivity contribution >= 4 is 29.6 Å². The molecule has 0 saturated carbocycles. The van der Waals surface area contributed by atoms with Gasteiger partial charge in [-0.2, -0.15) is 0 Å². The SMILES string of the molecule is CC(O)[C@H]1C(=O)N2C(C(=O)O)=C(CC[C@H](N)C(=O)O)S[C@H]12. The third-order valence-corrected chi connectivity index (χ3v) is 5.00. The Morgan fingerprint density at radius 2 is 2.05 bits per heavy atom. The van der Waals surface area contributed by atoms with E-state index in [0.717, 1.165) is 4.90 Å². The second-order valence-electron chi connectivity index (χ2n) is 5.04. The zero-order chi connectivity index (χ0) is 15.9. The molecule has 4 atom stereocenters. The molecule has 0 bridgehead atoms. The van der Waals surface area contributed by atoms with Gasteiger partial charge >= 0.3 is 11.9 Å². The first-order valence-corrected chi connectivity index (χ1v) is 7.26. The standard InChI is InChI=1S/C12H16N2O6S/c1-4(15)7-9(16)14-8(12(19)20)6(21-10(7)14)3-2-5(13)11(17)18/h4-5,7,10,15H,2-3,13H2,1H3,(H,17,18)(H,19,20)/t4?,5-,7-,10+/m0/s1. The molecule has 5 N–H and O–H groups in total. The van der Waals surface area contributed by atoms with E-state index < -0.39 is 41.3 Å². The Balaban J connectivity index is 2.15. The number of carboxylic acids is 2. The van der Waals surface area contributed by atoms with Crippen LogP contribution in [0.25, 0.3) is 0 Å². The summed E-state index contributed by atoms with van der Waals surface area (Å²) in [5, 5.41) is 27.1. The number of hydrogen-bond donors (Lipinski definition) is 4. The van der Waals surface area contributed by atoms with Gasteiger partial charge in [0.05, 0.1) is 12.0 Å². The number of rotatable bonds is 6. The number of β-lactam (4-membered cyclic amide) rings is 1. The molecule has 2 rings (SSSR count). The summed E-state index contributed by atoms with van der Waals surface area (Å²) in [5.74, 6) is -3.44. The van der Waals surface area contributed by atoms with Crippen molar-refractivity contribution in [3.05, 3.63) is 10.6 Å². The Hall–Kier alpha value is -1.58. The van der Waals surface area contributed by atoms with Gasteiger partial charge < -0.3 is 21.1 Å². The third-order valence-electron chi connectivity index (χ3n) is 3.57. The molecule has 2 heterocycles. The summed E-state index contributed by atoms with van der Waals surface area (Å²) in [6.07, 6.45) is -0.600. The van der Waals surface area contributed by atoms with Crippen molar-refractivity contribution in [2.75, 3.05) is 0 Å². The fraction of sp³-hybridized carbons (Fsp3) is 0.583. The zero-order valence-corrected chi connectivity index (χ0v) is 12.0. The molecule has 1 saturated heterocycles. The Morgan fingerprint density at radius 3 is 2.52 bits per heavy atom. The minimum Gasteiger partial charge on any atom is -0.480 e. The highest BCUT2D eigenvalue weighted by molar-refractivity contribution is 8.04. The van der Waals surface area contributed by atoms with Crippen LogP contribution in [-0.2, 0) is 14.4 Å². The van der Waals surface area contributed by atoms with Crippen molar-refractivity contribution < 1.29 is 29.7 Å². The maximum atomic E-state index is 11.9. The highest BCUT2D eigenvalue weighted by atomic mass is 32.2. The van der Waals surface area contributed by atoms with Gasteiger partial charge in [-0.3, -0.25) is 14.5 Å². The molecule has 8 nitrogen and oxygen atoms in total. The molecule has 0 aromatic heterocycles. The van der Waals surface area contributed by atoms with E-state index in [1.54, 1.807) is 0 Å². The molecule has 0 aromatic carbocycles. The highest BCUT2D eigenvalue weighted by Crippen LogP contribution is 2.51. The number of hydrogen-bond acceptors (Lipinski definition) is 6. The predicted molar refractivity (Wildman–Crippen MR) is 72.9 cm³/mol. The highest BCUT2D eigenvalue weighted by Gasteiger charge is 2.57. The van der Waals surface area contributed by atoms with Crippen molar-refractivity contribution in [3.8, 4) is 0 Å². The van der Waals surface area contributed by atoms with Gasteiger partial charge in [0.1, 0.15) is 17.1 Å². The minimum absolute atomic E-state index is 0.0859. The average Bonchev–Trinajstić information content (AvgIpc) is 2.69. The van der Waals surface area contributed by atoms with Gasteiger partial charge in [0, 0.05) is 4.91 Å². The van der Waals surface area contributed by atoms with Crippen LogP contribution in [-0.4, -0.2) is 55.6 Å². The first kappa shape index (κ1) is 15.8. The molecule has 116 valence electrons. The van der Waals surface area contributed by atoms with Gasteiger partial charge in [0.25, 0.3) is 0 Å². The number of aliphatic carboxylic acids is 2. The van der Waals surface area contributed by atoms with Crippen LogP contribution in [0.5, 0.6) is 0 Å². The number of aliphatic hydroxyl groups excluding tert-OH is 1. The average molecular weight is 316 g/mol. The smallest absolute Gasteiger partial charge is 0.353 e. The number of thioether (sulfide) groups is 1. The first-order valence-electron chi connectivity index (χ1n) is 6.38. The maximum Gasteiger partial charge on any atom is 0.353 e. The number of aliphatic hydroxyl groups is 1. The predicted octanol–water partition coefficient (Wildman–Crippen LogP) is -0.613. The number of amides is 1. The van der Waals surface area contributed by atoms with Gasteiger partial charge in [-0.15, -0.1) is 11.8 Å². The van der Waals surface area contributed by atoms with Crippen LogP contribution >= 0.6 is 11.8 Å². The molecule has 0 aliphatic carbocycles. The first-order chi connectivity index (χ1) is 9.75. The fourth-order valence-corrected chi connectivity index (χ4v) is 4.07. The quantitative estimate of drug-likeness (QED) is 0.475. The number of carbonyl (C=O) groups excluding carboxylic acids is 1. The largest absolute Gasteiger partial charge is 0.480 e. The molecule has 2 aliphatic rings. The summed E-state index contributed by atoms with van der Waals surface area (Å²) < 4.78 is 0. The lowest BCUT2D eigenvalue weighted by Crippen LogP contribution is -2.60. The molecule has 1 unspecified atom stereocenters. The van der Waals surface area contributed by atoms with Gasteiger partial charge in [0.15, 0.2) is 0 Å². The number of carboxylic acid groups (broad SMARTS) is 2. The normalized spacial score (nSPS) is 27.2. The summed E-state index contributed by atoms with van der Waals surface area (Å²) in [6, 6.07) is -1.08. The molecule has 1 amide bonds. The Bertz CT molecular complexity index is 532. The lowest BCUT2D eigenvalue weighted by Gasteiger charge is -2.43. The van der Waals surface area contributed by atoms with Crippen LogP contribution in [0, 0.1) is 5.92 Å². The van der Waals surface area contributed by atoms with Crippen molar-refractivity contribution in [2.24, 2.45) is 11.7 Å². The minimum atomic E-state index is -1.23. The maximum absolute atomic E-state index is 11.9. The molecule has 0 aromatic rings. The summed E-state index contributed by atoms with van der Waals surface area (Å²) in [4.78, 5) is 35.5. The fourth-order valence-electron chi connectivity index (χ4n) is 2.44. The van der Waals surface area contributed by atoms with Crippen molar-refractivity contribution in [3.63, 3.8) is 0 Å². The van der Waals surface area contributed by atoms with Crippen LogP contribution < -0.4 is 5.73 Å². The van der Waals surface area contributed by atoms with E-state index in [-0.39, 0.29) is 18.5 Å². The third kappa shape index (κ3) is 2.63. The molecule has 0 spiro atoms. The summed E-state index contributed by atoms with van der Waals surface area (Å²) in [7, 11) is 0. The topological polar surface area (TPSA) is 141 Å². The van der Waals surface area contributed by atoms with E-state index >= 15 is 0 Å². The second kappa shape index (κ2) is 5.66. The van der Waals surface area contributed by atoms with Gasteiger partial charge in [-0.25, -0.2) is 4.79 Å². The van der Waals surface area contributed by atoms with Crippen LogP contribution in [0.15, 0.2) is 10.6 Å². The van der Waals surface area contributed by atoms with Crippen molar-refractivity contribution in [1.29, 1.82) is 0 Å². The van der Waals surface area contributed by atoms with Crippen molar-refractivity contribution in [1.82, 2.24) is 4.90 Å². The number of carbonyl (C=O) groups is 3. The van der Waals surface area contributed by atoms with Crippen LogP contribution in [0.4, 0.5) is 0 Å². The molecule has 2 aliphatic heterocycles. The van der Waals surface area contributed by atoms with Crippen molar-refractivity contribution in [2.45, 2.75) is 37.3 Å². The molecule has 0 radical (unpaired) electrons. The van der Waals surface area contributed by atoms with Gasteiger partial charge in [0.2, 0.25) is 5.91 Å². The van der Waals surface area contributed by atoms with Crippen LogP contribution in [0.3, 0.4) is 0 Å². The molecular weight excluding hydrogens is 300 g/mol. The second-order valence-corrected chi connectivity index (χ2v) is 6.25. The molecule has 21 heavy (non-hydrogen) atoms. The summed E-state index contributed by atoms with van der Waals surface area (Å²) in [5.41, 5.74) is 5.28. The number of nitrogens with two attached hydrogens (primary N) is 1. The van der Waals surface area contributed by atoms with Crippen LogP contribution in [0.1, 0.15) is 19.8 Å². The monoisotopic (exact) mass is 316 g/mol. The Labute approximate surface area is 124 Å². The number of allylic oxidation sites excluding steroid dienone is 1.